The predicted octanol–water partition coefficient (Wildman–Crippen LogP) is 13.3. The molecule has 66 heavy (non-hydrogen) atoms. The molecule has 8 nitrogen and oxygen atoms in total. The fraction of sp³-hybridized carbons (Fsp3) is 0.143. The molecule has 11 rings (SSSR count). The Labute approximate surface area is 419 Å². The van der Waals surface area contributed by atoms with E-state index in [0.29, 0.717) is 0 Å². The third-order valence-corrected chi connectivity index (χ3v) is 11.8. The van der Waals surface area contributed by atoms with Crippen LogP contribution in [0.3, 0.4) is 0 Å². The van der Waals surface area contributed by atoms with Gasteiger partial charge >= 0.3 is 0 Å². The maximum atomic E-state index is 4.44. The van der Waals surface area contributed by atoms with E-state index in [2.05, 4.69) is 228 Å². The van der Waals surface area contributed by atoms with Gasteiger partial charge < -0.3 is 10.6 Å². The Morgan fingerprint density at radius 1 is 0.379 bits per heavy atom. The van der Waals surface area contributed by atoms with E-state index in [-0.39, 0.29) is 44.8 Å². The second-order valence-corrected chi connectivity index (χ2v) is 16.4. The molecule has 0 saturated heterocycles. The number of aromatic nitrogens is 6. The minimum absolute atomic E-state index is 0. The van der Waals surface area contributed by atoms with Gasteiger partial charge in [-0.05, 0) is 99.9 Å². The summed E-state index contributed by atoms with van der Waals surface area (Å²) < 4.78 is 8.80. The number of hydrogen-bond donors (Lipinski definition) is 0. The van der Waals surface area contributed by atoms with E-state index in [0.717, 1.165) is 22.7 Å². The van der Waals surface area contributed by atoms with Gasteiger partial charge in [0.25, 0.3) is 12.7 Å². The Bertz CT molecular complexity index is 2830. The van der Waals surface area contributed by atoms with Crippen molar-refractivity contribution in [1.29, 1.82) is 0 Å². The quantitative estimate of drug-likeness (QED) is 0.100. The topological polar surface area (TPSA) is 71.6 Å². The summed E-state index contributed by atoms with van der Waals surface area (Å²) in [5.74, 6) is 0. The van der Waals surface area contributed by atoms with Crippen molar-refractivity contribution in [2.75, 3.05) is 0 Å². The van der Waals surface area contributed by atoms with Gasteiger partial charge in [0.1, 0.15) is 0 Å². The molecule has 10 heteroatoms. The van der Waals surface area contributed by atoms with Crippen molar-refractivity contribution < 1.29 is 53.9 Å². The summed E-state index contributed by atoms with van der Waals surface area (Å²) in [7, 11) is 0. The molecular formula is C56H50Au2N8-2. The fourth-order valence-electron chi connectivity index (χ4n) is 8.79. The summed E-state index contributed by atoms with van der Waals surface area (Å²) in [6.45, 7) is 17.3. The normalized spacial score (nSPS) is 11.0. The Morgan fingerprint density at radius 2 is 0.697 bits per heavy atom. The van der Waals surface area contributed by atoms with Gasteiger partial charge in [-0.15, -0.1) is 22.7 Å². The molecule has 10 aromatic rings. The molecule has 0 saturated carbocycles. The monoisotopic (exact) mass is 1230 g/mol. The van der Waals surface area contributed by atoms with Crippen LogP contribution < -0.4 is 9.13 Å². The van der Waals surface area contributed by atoms with Gasteiger partial charge in [-0.3, -0.25) is 28.2 Å². The van der Waals surface area contributed by atoms with Gasteiger partial charge in [-0.1, -0.05) is 133 Å². The third kappa shape index (κ3) is 9.22. The Balaban J connectivity index is 0.000000151. The van der Waals surface area contributed by atoms with Crippen LogP contribution in [0.15, 0.2) is 158 Å². The van der Waals surface area contributed by atoms with Crippen LogP contribution in [-0.2, 0) is 44.8 Å². The Morgan fingerprint density at radius 3 is 1.06 bits per heavy atom. The first-order chi connectivity index (χ1) is 31.1. The van der Waals surface area contributed by atoms with Crippen molar-refractivity contribution in [3.8, 4) is 22.7 Å². The van der Waals surface area contributed by atoms with Gasteiger partial charge in [0.2, 0.25) is 0 Å². The number of benzene rings is 6. The number of nitrogens with zero attached hydrogens (tertiary/aromatic N) is 8. The van der Waals surface area contributed by atoms with Crippen molar-refractivity contribution in [2.45, 2.75) is 55.4 Å². The first kappa shape index (κ1) is 47.6. The summed E-state index contributed by atoms with van der Waals surface area (Å²) in [6, 6.07) is 46.5. The summed E-state index contributed by atoms with van der Waals surface area (Å²) >= 11 is 0. The Kier molecular flexibility index (Phi) is 14.7. The standard InChI is InChI=1S/2C23H22N2.C10H6N4.2Au/c2*1-16-9-7-10-17(2)22(16)24-15-25(21-14-6-5-13-20(21)24)23-18(3)11-8-12-19(23)4;1-3-11-5-9-7(1)13-8-2-4-12-6-10(8)14-9;;/h2*5-14H,1-4H3;1-6H;;/q;;-2;;. The number of fused-ring (bicyclic) bond motifs is 4. The zero-order valence-corrected chi connectivity index (χ0v) is 42.5. The van der Waals surface area contributed by atoms with Gasteiger partial charge in [0.15, 0.2) is 0 Å². The molecule has 5 heterocycles. The minimum Gasteiger partial charge on any atom is -0.660 e. The first-order valence-electron chi connectivity index (χ1n) is 21.6. The third-order valence-electron chi connectivity index (χ3n) is 11.8. The number of rotatable bonds is 4. The van der Waals surface area contributed by atoms with Gasteiger partial charge in [0, 0.05) is 69.5 Å². The molecule has 0 unspecified atom stereocenters. The van der Waals surface area contributed by atoms with E-state index in [1.807, 2.05) is 12.1 Å². The number of para-hydroxylation sites is 8. The van der Waals surface area contributed by atoms with Crippen LogP contribution in [0.1, 0.15) is 44.5 Å². The van der Waals surface area contributed by atoms with E-state index < -0.39 is 0 Å². The summed E-state index contributed by atoms with van der Waals surface area (Å²) in [5.41, 5.74) is 22.9. The number of aryl methyl sites for hydroxylation is 8. The van der Waals surface area contributed by atoms with E-state index in [1.54, 1.807) is 24.8 Å². The molecule has 0 amide bonds. The maximum absolute atomic E-state index is 4.44. The maximum Gasteiger partial charge on any atom is 0.269 e. The second-order valence-electron chi connectivity index (χ2n) is 16.4. The average molecular weight is 1230 g/mol. The summed E-state index contributed by atoms with van der Waals surface area (Å²) in [6.07, 6.45) is 14.1. The molecule has 0 N–H and O–H groups in total. The molecule has 0 atom stereocenters. The van der Waals surface area contributed by atoms with Crippen molar-refractivity contribution in [3.63, 3.8) is 0 Å². The molecule has 1 aliphatic rings. The fourth-order valence-corrected chi connectivity index (χ4v) is 8.79. The van der Waals surface area contributed by atoms with Crippen molar-refractivity contribution in [2.24, 2.45) is 0 Å². The molecule has 338 valence electrons. The molecular weight excluding hydrogens is 1180 g/mol. The van der Waals surface area contributed by atoms with Gasteiger partial charge in [-0.2, -0.15) is 0 Å². The van der Waals surface area contributed by atoms with E-state index in [9.17, 15) is 0 Å². The van der Waals surface area contributed by atoms with Crippen molar-refractivity contribution in [3.05, 3.63) is 226 Å². The molecule has 6 aromatic carbocycles. The predicted molar refractivity (Wildman–Crippen MR) is 259 cm³/mol. The molecule has 1 aliphatic heterocycles. The van der Waals surface area contributed by atoms with Crippen LogP contribution in [0, 0.1) is 68.0 Å². The molecule has 0 aliphatic carbocycles. The van der Waals surface area contributed by atoms with E-state index >= 15 is 0 Å². The number of imidazole rings is 2. The summed E-state index contributed by atoms with van der Waals surface area (Å²) in [4.78, 5) is 7.99. The Hall–Kier alpha value is -6.36. The molecule has 0 bridgehead atoms. The van der Waals surface area contributed by atoms with Crippen LogP contribution in [0.4, 0.5) is 22.7 Å². The van der Waals surface area contributed by atoms with Crippen LogP contribution in [0.5, 0.6) is 0 Å². The number of hydrogen-bond acceptors (Lipinski definition) is 2. The average Bonchev–Trinajstić information content (AvgIpc) is 3.85. The van der Waals surface area contributed by atoms with Gasteiger partial charge in [-0.25, -0.2) is 0 Å². The zero-order valence-electron chi connectivity index (χ0n) is 38.2. The van der Waals surface area contributed by atoms with E-state index in [1.165, 1.54) is 89.3 Å². The molecule has 4 aromatic heterocycles. The van der Waals surface area contributed by atoms with Crippen molar-refractivity contribution >= 4 is 44.8 Å². The SMILES string of the molecule is Cc1cccc(C)c1-n1[c-][n+](-c2c(C)cccc2C)c2ccccc21.Cc1cccc(C)c1-n1[c-][n+](-c2c(C)cccc2C)c2ccccc21.[Au].[Au].c1cc2c(cn1)[N-]c1cnccc1[N-]2. The summed E-state index contributed by atoms with van der Waals surface area (Å²) in [5, 5.41) is 8.83. The first-order valence-corrected chi connectivity index (χ1v) is 21.6. The van der Waals surface area contributed by atoms with Crippen LogP contribution in [-0.4, -0.2) is 19.1 Å². The molecule has 2 radical (unpaired) electrons. The zero-order chi connectivity index (χ0) is 44.5. The number of pyridine rings is 2. The van der Waals surface area contributed by atoms with Crippen molar-refractivity contribution in [1.82, 2.24) is 19.1 Å². The minimum atomic E-state index is 0. The smallest absolute Gasteiger partial charge is 0.269 e. The van der Waals surface area contributed by atoms with E-state index in [4.69, 9.17) is 0 Å². The van der Waals surface area contributed by atoms with Gasteiger partial charge in [0.05, 0.1) is 44.8 Å². The molecule has 0 fully saturated rings. The molecule has 0 spiro atoms. The van der Waals surface area contributed by atoms with Crippen LogP contribution >= 0.6 is 0 Å². The largest absolute Gasteiger partial charge is 0.660 e. The van der Waals surface area contributed by atoms with Crippen LogP contribution in [0.25, 0.3) is 55.4 Å². The van der Waals surface area contributed by atoms with Crippen LogP contribution in [0.2, 0.25) is 0 Å². The second kappa shape index (κ2) is 20.4.